The summed E-state index contributed by atoms with van der Waals surface area (Å²) in [6.45, 7) is 0. The van der Waals surface area contributed by atoms with E-state index in [2.05, 4.69) is 152 Å². The van der Waals surface area contributed by atoms with Crippen molar-refractivity contribution in [3.05, 3.63) is 212 Å². The first kappa shape index (κ1) is 32.7. The summed E-state index contributed by atoms with van der Waals surface area (Å²) >= 11 is 0. The Labute approximate surface area is 316 Å². The summed E-state index contributed by atoms with van der Waals surface area (Å²) in [5, 5.41) is 0. The van der Waals surface area contributed by atoms with Crippen molar-refractivity contribution >= 4 is 0 Å². The average Bonchev–Trinajstić information content (AvgIpc) is 3.27. The quantitative estimate of drug-likeness (QED) is 0.159. The molecule has 0 spiro atoms. The summed E-state index contributed by atoms with van der Waals surface area (Å²) in [7, 11) is 0. The summed E-state index contributed by atoms with van der Waals surface area (Å²) in [5.41, 5.74) is 14.4. The van der Waals surface area contributed by atoms with Crippen molar-refractivity contribution in [2.75, 3.05) is 0 Å². The highest BCUT2D eigenvalue weighted by atomic mass is 15.0. The SMILES string of the molecule is c1ccc(-c2cccc(-c3cccc(-c4cc(-c5ccccc5)cc(-c5cccc(-c6nc(-c7ccccc7)nc(-c7ccccc7)n6)c5)c4)c3)c2)cc1. The zero-order valence-electron chi connectivity index (χ0n) is 29.5. The molecule has 1 heterocycles. The number of benzene rings is 8. The number of aromatic nitrogens is 3. The lowest BCUT2D eigenvalue weighted by Gasteiger charge is -2.14. The average molecular weight is 690 g/mol. The number of hydrogen-bond acceptors (Lipinski definition) is 3. The van der Waals surface area contributed by atoms with Gasteiger partial charge in [0.2, 0.25) is 0 Å². The van der Waals surface area contributed by atoms with Crippen LogP contribution in [0.15, 0.2) is 212 Å². The van der Waals surface area contributed by atoms with Crippen LogP contribution in [-0.4, -0.2) is 15.0 Å². The Morgan fingerprint density at radius 2 is 0.389 bits per heavy atom. The van der Waals surface area contributed by atoms with Crippen LogP contribution in [0.4, 0.5) is 0 Å². The lowest BCUT2D eigenvalue weighted by atomic mass is 9.91. The molecule has 0 amide bonds. The van der Waals surface area contributed by atoms with Crippen LogP contribution in [0.25, 0.3) is 89.8 Å². The molecule has 0 saturated heterocycles. The Balaban J connectivity index is 1.14. The third kappa shape index (κ3) is 6.99. The van der Waals surface area contributed by atoms with E-state index in [4.69, 9.17) is 15.0 Å². The second-order valence-electron chi connectivity index (χ2n) is 13.3. The zero-order chi connectivity index (χ0) is 36.1. The smallest absolute Gasteiger partial charge is 0.164 e. The van der Waals surface area contributed by atoms with Gasteiger partial charge in [-0.2, -0.15) is 0 Å². The molecule has 0 saturated carbocycles. The minimum Gasteiger partial charge on any atom is -0.208 e. The minimum absolute atomic E-state index is 0.634. The van der Waals surface area contributed by atoms with E-state index in [1.165, 1.54) is 27.8 Å². The highest BCUT2D eigenvalue weighted by Gasteiger charge is 2.14. The van der Waals surface area contributed by atoms with Gasteiger partial charge in [0.05, 0.1) is 0 Å². The van der Waals surface area contributed by atoms with Gasteiger partial charge in [-0.15, -0.1) is 0 Å². The Morgan fingerprint density at radius 3 is 0.796 bits per heavy atom. The largest absolute Gasteiger partial charge is 0.208 e. The molecule has 0 unspecified atom stereocenters. The first-order valence-electron chi connectivity index (χ1n) is 18.2. The third-order valence-corrected chi connectivity index (χ3v) is 9.69. The van der Waals surface area contributed by atoms with Gasteiger partial charge in [-0.05, 0) is 92.0 Å². The lowest BCUT2D eigenvalue weighted by Crippen LogP contribution is -2.00. The minimum atomic E-state index is 0.634. The third-order valence-electron chi connectivity index (χ3n) is 9.69. The number of hydrogen-bond donors (Lipinski definition) is 0. The van der Waals surface area contributed by atoms with Crippen molar-refractivity contribution in [3.8, 4) is 89.8 Å². The van der Waals surface area contributed by atoms with Gasteiger partial charge in [0, 0.05) is 16.7 Å². The zero-order valence-corrected chi connectivity index (χ0v) is 29.5. The summed E-state index contributed by atoms with van der Waals surface area (Å²) in [4.78, 5) is 14.9. The Kier molecular flexibility index (Phi) is 8.94. The summed E-state index contributed by atoms with van der Waals surface area (Å²) in [6, 6.07) is 74.4. The second kappa shape index (κ2) is 14.8. The molecule has 254 valence electrons. The van der Waals surface area contributed by atoms with E-state index in [0.29, 0.717) is 17.5 Å². The van der Waals surface area contributed by atoms with Crippen LogP contribution in [0, 0.1) is 0 Å². The van der Waals surface area contributed by atoms with Crippen molar-refractivity contribution < 1.29 is 0 Å². The van der Waals surface area contributed by atoms with E-state index in [0.717, 1.165) is 44.5 Å². The molecule has 0 aliphatic heterocycles. The van der Waals surface area contributed by atoms with Gasteiger partial charge in [0.1, 0.15) is 0 Å². The second-order valence-corrected chi connectivity index (χ2v) is 13.3. The van der Waals surface area contributed by atoms with Gasteiger partial charge in [-0.3, -0.25) is 0 Å². The fourth-order valence-electron chi connectivity index (χ4n) is 6.92. The van der Waals surface area contributed by atoms with E-state index in [9.17, 15) is 0 Å². The number of rotatable bonds is 8. The molecule has 3 nitrogen and oxygen atoms in total. The molecular weight excluding hydrogens is 655 g/mol. The number of nitrogens with zero attached hydrogens (tertiary/aromatic N) is 3. The van der Waals surface area contributed by atoms with Crippen molar-refractivity contribution in [1.82, 2.24) is 15.0 Å². The molecule has 8 aromatic carbocycles. The van der Waals surface area contributed by atoms with E-state index in [-0.39, 0.29) is 0 Å². The van der Waals surface area contributed by atoms with Gasteiger partial charge in [-0.25, -0.2) is 15.0 Å². The maximum atomic E-state index is 5.01. The van der Waals surface area contributed by atoms with Crippen molar-refractivity contribution in [2.45, 2.75) is 0 Å². The monoisotopic (exact) mass is 689 g/mol. The molecular formula is C51H35N3. The van der Waals surface area contributed by atoms with Gasteiger partial charge in [-0.1, -0.05) is 176 Å². The van der Waals surface area contributed by atoms with Crippen LogP contribution in [0.5, 0.6) is 0 Å². The van der Waals surface area contributed by atoms with E-state index in [1.807, 2.05) is 60.7 Å². The molecule has 54 heavy (non-hydrogen) atoms. The lowest BCUT2D eigenvalue weighted by molar-refractivity contribution is 1.07. The molecule has 0 radical (unpaired) electrons. The standard InChI is InChI=1S/C51H35N3/c1-5-16-36(17-6-1)40-24-13-25-41(30-40)42-26-14-27-43(31-42)47-33-46(37-18-7-2-8-19-37)34-48(35-47)44-28-15-29-45(32-44)51-53-49(38-20-9-3-10-21-38)52-50(54-51)39-22-11-4-12-23-39/h1-35H. The van der Waals surface area contributed by atoms with Crippen LogP contribution in [-0.2, 0) is 0 Å². The van der Waals surface area contributed by atoms with E-state index < -0.39 is 0 Å². The van der Waals surface area contributed by atoms with E-state index in [1.54, 1.807) is 0 Å². The highest BCUT2D eigenvalue weighted by molar-refractivity contribution is 5.84. The van der Waals surface area contributed by atoms with Gasteiger partial charge in [0.15, 0.2) is 17.5 Å². The summed E-state index contributed by atoms with van der Waals surface area (Å²) in [6.07, 6.45) is 0. The van der Waals surface area contributed by atoms with Crippen LogP contribution in [0.2, 0.25) is 0 Å². The molecule has 0 N–H and O–H groups in total. The molecule has 1 aromatic heterocycles. The summed E-state index contributed by atoms with van der Waals surface area (Å²) in [5.74, 6) is 1.93. The maximum Gasteiger partial charge on any atom is 0.164 e. The molecule has 9 aromatic rings. The predicted octanol–water partition coefficient (Wildman–Crippen LogP) is 13.2. The molecule has 0 fully saturated rings. The van der Waals surface area contributed by atoms with Crippen molar-refractivity contribution in [2.24, 2.45) is 0 Å². The van der Waals surface area contributed by atoms with Crippen LogP contribution < -0.4 is 0 Å². The molecule has 0 aliphatic carbocycles. The molecule has 0 atom stereocenters. The maximum absolute atomic E-state index is 5.01. The van der Waals surface area contributed by atoms with Crippen LogP contribution >= 0.6 is 0 Å². The molecule has 0 bridgehead atoms. The molecule has 9 rings (SSSR count). The highest BCUT2D eigenvalue weighted by Crippen LogP contribution is 2.36. The first-order chi connectivity index (χ1) is 26.7. The van der Waals surface area contributed by atoms with Gasteiger partial charge >= 0.3 is 0 Å². The van der Waals surface area contributed by atoms with Crippen LogP contribution in [0.1, 0.15) is 0 Å². The predicted molar refractivity (Wildman–Crippen MR) is 223 cm³/mol. The topological polar surface area (TPSA) is 38.7 Å². The first-order valence-corrected chi connectivity index (χ1v) is 18.2. The Hall–Kier alpha value is -7.23. The Bertz CT molecular complexity index is 2630. The summed E-state index contributed by atoms with van der Waals surface area (Å²) < 4.78 is 0. The normalized spacial score (nSPS) is 11.0. The van der Waals surface area contributed by atoms with Crippen molar-refractivity contribution in [1.29, 1.82) is 0 Å². The molecule has 0 aliphatic rings. The van der Waals surface area contributed by atoms with Gasteiger partial charge in [0.25, 0.3) is 0 Å². The fraction of sp³-hybridized carbons (Fsp3) is 0. The van der Waals surface area contributed by atoms with E-state index >= 15 is 0 Å². The van der Waals surface area contributed by atoms with Gasteiger partial charge < -0.3 is 0 Å². The van der Waals surface area contributed by atoms with Crippen molar-refractivity contribution in [3.63, 3.8) is 0 Å². The van der Waals surface area contributed by atoms with Crippen LogP contribution in [0.3, 0.4) is 0 Å². The Morgan fingerprint density at radius 1 is 0.167 bits per heavy atom. The fourth-order valence-corrected chi connectivity index (χ4v) is 6.92. The molecule has 3 heteroatoms.